The second kappa shape index (κ2) is 6.77. The average molecular weight is 239 g/mol. The highest BCUT2D eigenvalue weighted by molar-refractivity contribution is 5.15. The van der Waals surface area contributed by atoms with Gasteiger partial charge in [0.05, 0.1) is 24.9 Å². The summed E-state index contributed by atoms with van der Waals surface area (Å²) in [6.45, 7) is 12.9. The SMILES string of the molecule is Cc1nn(CCOC(C)C)cc1CNC(C)C. The maximum Gasteiger partial charge on any atom is 0.0666 e. The summed E-state index contributed by atoms with van der Waals surface area (Å²) in [4.78, 5) is 0. The fraction of sp³-hybridized carbons (Fsp3) is 0.769. The van der Waals surface area contributed by atoms with Crippen molar-refractivity contribution in [3.63, 3.8) is 0 Å². The Kier molecular flexibility index (Phi) is 5.65. The normalized spacial score (nSPS) is 11.7. The largest absolute Gasteiger partial charge is 0.377 e. The van der Waals surface area contributed by atoms with Gasteiger partial charge < -0.3 is 10.1 Å². The fourth-order valence-corrected chi connectivity index (χ4v) is 1.54. The van der Waals surface area contributed by atoms with Gasteiger partial charge in [0.1, 0.15) is 0 Å². The van der Waals surface area contributed by atoms with E-state index in [2.05, 4.69) is 37.4 Å². The molecule has 1 aromatic heterocycles. The van der Waals surface area contributed by atoms with Crippen molar-refractivity contribution in [3.05, 3.63) is 17.5 Å². The Hall–Kier alpha value is -0.870. The van der Waals surface area contributed by atoms with E-state index in [9.17, 15) is 0 Å². The lowest BCUT2D eigenvalue weighted by Gasteiger charge is -2.07. The molecule has 0 aliphatic rings. The highest BCUT2D eigenvalue weighted by Crippen LogP contribution is 2.05. The first kappa shape index (κ1) is 14.2. The molecule has 0 radical (unpaired) electrons. The highest BCUT2D eigenvalue weighted by Gasteiger charge is 2.05. The van der Waals surface area contributed by atoms with Crippen molar-refractivity contribution >= 4 is 0 Å². The molecule has 1 N–H and O–H groups in total. The zero-order valence-electron chi connectivity index (χ0n) is 11.7. The van der Waals surface area contributed by atoms with Gasteiger partial charge in [0.15, 0.2) is 0 Å². The maximum absolute atomic E-state index is 5.52. The van der Waals surface area contributed by atoms with Crippen LogP contribution in [0.1, 0.15) is 39.0 Å². The number of aryl methyl sites for hydroxylation is 1. The van der Waals surface area contributed by atoms with Crippen molar-refractivity contribution in [2.45, 2.75) is 59.9 Å². The first-order valence-electron chi connectivity index (χ1n) is 6.37. The predicted molar refractivity (Wildman–Crippen MR) is 70.0 cm³/mol. The minimum absolute atomic E-state index is 0.286. The van der Waals surface area contributed by atoms with Crippen LogP contribution < -0.4 is 5.32 Å². The van der Waals surface area contributed by atoms with E-state index in [1.807, 2.05) is 18.5 Å². The molecule has 0 unspecified atom stereocenters. The lowest BCUT2D eigenvalue weighted by Crippen LogP contribution is -2.21. The molecule has 0 amide bonds. The molecule has 0 atom stereocenters. The van der Waals surface area contributed by atoms with Gasteiger partial charge in [-0.3, -0.25) is 4.68 Å². The zero-order valence-corrected chi connectivity index (χ0v) is 11.7. The van der Waals surface area contributed by atoms with Crippen LogP contribution in [0.2, 0.25) is 0 Å². The number of nitrogens with one attached hydrogen (secondary N) is 1. The van der Waals surface area contributed by atoms with Gasteiger partial charge >= 0.3 is 0 Å². The standard InChI is InChI=1S/C13H25N3O/c1-10(2)14-8-13-9-16(15-12(13)5)6-7-17-11(3)4/h9-11,14H,6-8H2,1-5H3. The third-order valence-electron chi connectivity index (χ3n) is 2.52. The maximum atomic E-state index is 5.52. The Morgan fingerprint density at radius 2 is 2.06 bits per heavy atom. The van der Waals surface area contributed by atoms with E-state index in [4.69, 9.17) is 4.74 Å². The molecule has 0 aromatic carbocycles. The zero-order chi connectivity index (χ0) is 12.8. The summed E-state index contributed by atoms with van der Waals surface area (Å²) in [5.41, 5.74) is 2.37. The summed E-state index contributed by atoms with van der Waals surface area (Å²) >= 11 is 0. The molecule has 1 aromatic rings. The van der Waals surface area contributed by atoms with Crippen molar-refractivity contribution in [2.24, 2.45) is 0 Å². The number of aromatic nitrogens is 2. The lowest BCUT2D eigenvalue weighted by molar-refractivity contribution is 0.0709. The molecular weight excluding hydrogens is 214 g/mol. The summed E-state index contributed by atoms with van der Waals surface area (Å²) in [6.07, 6.45) is 2.39. The van der Waals surface area contributed by atoms with Gasteiger partial charge in [-0.1, -0.05) is 13.8 Å². The van der Waals surface area contributed by atoms with Crippen molar-refractivity contribution in [3.8, 4) is 0 Å². The molecule has 1 rings (SSSR count). The third kappa shape index (κ3) is 5.33. The van der Waals surface area contributed by atoms with Crippen molar-refractivity contribution in [1.82, 2.24) is 15.1 Å². The van der Waals surface area contributed by atoms with Crippen LogP contribution in [0.3, 0.4) is 0 Å². The van der Waals surface area contributed by atoms with Crippen LogP contribution in [0.4, 0.5) is 0 Å². The first-order valence-corrected chi connectivity index (χ1v) is 6.37. The fourth-order valence-electron chi connectivity index (χ4n) is 1.54. The minimum atomic E-state index is 0.286. The molecule has 98 valence electrons. The highest BCUT2D eigenvalue weighted by atomic mass is 16.5. The summed E-state index contributed by atoms with van der Waals surface area (Å²) in [6, 6.07) is 0.502. The summed E-state index contributed by atoms with van der Waals surface area (Å²) in [5, 5.41) is 7.89. The van der Waals surface area contributed by atoms with Crippen LogP contribution in [-0.2, 0) is 17.8 Å². The minimum Gasteiger partial charge on any atom is -0.377 e. The van der Waals surface area contributed by atoms with Crippen molar-refractivity contribution in [2.75, 3.05) is 6.61 Å². The van der Waals surface area contributed by atoms with E-state index in [-0.39, 0.29) is 6.10 Å². The second-order valence-corrected chi connectivity index (χ2v) is 4.96. The number of ether oxygens (including phenoxy) is 1. The summed E-state index contributed by atoms with van der Waals surface area (Å²) in [5.74, 6) is 0. The Labute approximate surface area is 104 Å². The Morgan fingerprint density at radius 1 is 1.35 bits per heavy atom. The number of rotatable bonds is 7. The van der Waals surface area contributed by atoms with E-state index >= 15 is 0 Å². The summed E-state index contributed by atoms with van der Waals surface area (Å²) < 4.78 is 7.48. The number of hydrogen-bond donors (Lipinski definition) is 1. The van der Waals surface area contributed by atoms with Crippen LogP contribution in [0.5, 0.6) is 0 Å². The molecule has 0 spiro atoms. The van der Waals surface area contributed by atoms with E-state index in [0.717, 1.165) is 25.4 Å². The monoisotopic (exact) mass is 239 g/mol. The third-order valence-corrected chi connectivity index (χ3v) is 2.52. The molecule has 4 nitrogen and oxygen atoms in total. The van der Waals surface area contributed by atoms with Crippen LogP contribution in [0.15, 0.2) is 6.20 Å². The van der Waals surface area contributed by atoms with E-state index in [0.29, 0.717) is 6.04 Å². The molecule has 4 heteroatoms. The van der Waals surface area contributed by atoms with Gasteiger partial charge in [-0.25, -0.2) is 0 Å². The molecule has 17 heavy (non-hydrogen) atoms. The Bertz CT molecular complexity index is 331. The van der Waals surface area contributed by atoms with Crippen LogP contribution in [0.25, 0.3) is 0 Å². The summed E-state index contributed by atoms with van der Waals surface area (Å²) in [7, 11) is 0. The van der Waals surface area contributed by atoms with Gasteiger partial charge in [0.25, 0.3) is 0 Å². The van der Waals surface area contributed by atoms with Crippen LogP contribution in [0, 0.1) is 6.92 Å². The van der Waals surface area contributed by atoms with Crippen LogP contribution >= 0.6 is 0 Å². The topological polar surface area (TPSA) is 39.1 Å². The predicted octanol–water partition coefficient (Wildman–Crippen LogP) is 2.11. The quantitative estimate of drug-likeness (QED) is 0.792. The Balaban J connectivity index is 2.44. The van der Waals surface area contributed by atoms with E-state index < -0.39 is 0 Å². The van der Waals surface area contributed by atoms with Gasteiger partial charge in [-0.2, -0.15) is 5.10 Å². The van der Waals surface area contributed by atoms with Crippen molar-refractivity contribution < 1.29 is 4.74 Å². The molecular formula is C13H25N3O. The Morgan fingerprint density at radius 3 is 2.65 bits per heavy atom. The molecule has 0 saturated heterocycles. The first-order chi connectivity index (χ1) is 7.99. The molecule has 0 bridgehead atoms. The number of hydrogen-bond acceptors (Lipinski definition) is 3. The van der Waals surface area contributed by atoms with Gasteiger partial charge in [-0.15, -0.1) is 0 Å². The van der Waals surface area contributed by atoms with Gasteiger partial charge in [-0.05, 0) is 20.8 Å². The lowest BCUT2D eigenvalue weighted by atomic mass is 10.2. The second-order valence-electron chi connectivity index (χ2n) is 4.96. The van der Waals surface area contributed by atoms with E-state index in [1.165, 1.54) is 5.56 Å². The molecule has 0 aliphatic carbocycles. The molecule has 1 heterocycles. The average Bonchev–Trinajstić information content (AvgIpc) is 2.55. The molecule has 0 aliphatic heterocycles. The van der Waals surface area contributed by atoms with Gasteiger partial charge in [0.2, 0.25) is 0 Å². The van der Waals surface area contributed by atoms with Crippen LogP contribution in [-0.4, -0.2) is 28.5 Å². The molecule has 0 fully saturated rings. The van der Waals surface area contributed by atoms with E-state index in [1.54, 1.807) is 0 Å². The van der Waals surface area contributed by atoms with Crippen molar-refractivity contribution in [1.29, 1.82) is 0 Å². The smallest absolute Gasteiger partial charge is 0.0666 e. The molecule has 0 saturated carbocycles. The number of nitrogens with zero attached hydrogens (tertiary/aromatic N) is 2. The van der Waals surface area contributed by atoms with Gasteiger partial charge in [0, 0.05) is 24.3 Å².